The first-order valence-electron chi connectivity index (χ1n) is 8.94. The van der Waals surface area contributed by atoms with E-state index in [1.807, 2.05) is 42.5 Å². The number of nitrogens with zero attached hydrogens (tertiary/aromatic N) is 1. The number of sulfonamides is 1. The topological polar surface area (TPSA) is 75.7 Å². The van der Waals surface area contributed by atoms with Gasteiger partial charge < -0.3 is 10.1 Å². The Kier molecular flexibility index (Phi) is 6.13. The number of hydrogen-bond donors (Lipinski definition) is 1. The third kappa shape index (κ3) is 5.55. The number of benzene rings is 2. The van der Waals surface area contributed by atoms with Crippen molar-refractivity contribution in [3.63, 3.8) is 0 Å². The molecular weight excluding hydrogens is 364 g/mol. The van der Waals surface area contributed by atoms with Gasteiger partial charge in [-0.2, -0.15) is 0 Å². The molecule has 1 atom stereocenters. The van der Waals surface area contributed by atoms with Crippen molar-refractivity contribution in [3.05, 3.63) is 60.2 Å². The van der Waals surface area contributed by atoms with Crippen molar-refractivity contribution in [1.29, 1.82) is 0 Å². The first-order chi connectivity index (χ1) is 12.9. The van der Waals surface area contributed by atoms with Crippen molar-refractivity contribution in [3.8, 4) is 5.75 Å². The Morgan fingerprint density at radius 2 is 1.85 bits per heavy atom. The average Bonchev–Trinajstić information content (AvgIpc) is 2.68. The highest BCUT2D eigenvalue weighted by atomic mass is 32.2. The van der Waals surface area contributed by atoms with Crippen LogP contribution in [0, 0.1) is 5.92 Å². The third-order valence-corrected chi connectivity index (χ3v) is 5.86. The van der Waals surface area contributed by atoms with Crippen LogP contribution in [0.2, 0.25) is 0 Å². The van der Waals surface area contributed by atoms with E-state index in [-0.39, 0.29) is 18.4 Å². The number of rotatable bonds is 6. The van der Waals surface area contributed by atoms with Gasteiger partial charge in [0.25, 0.3) is 0 Å². The van der Waals surface area contributed by atoms with Gasteiger partial charge in [-0.1, -0.05) is 30.3 Å². The lowest BCUT2D eigenvalue weighted by molar-refractivity contribution is -0.120. The summed E-state index contributed by atoms with van der Waals surface area (Å²) in [6.07, 6.45) is 2.56. The molecule has 2 aromatic carbocycles. The minimum Gasteiger partial charge on any atom is -0.489 e. The second-order valence-electron chi connectivity index (χ2n) is 6.75. The predicted octanol–water partition coefficient (Wildman–Crippen LogP) is 2.88. The molecule has 1 amide bonds. The van der Waals surface area contributed by atoms with Crippen LogP contribution >= 0.6 is 0 Å². The van der Waals surface area contributed by atoms with Crippen molar-refractivity contribution in [2.45, 2.75) is 19.4 Å². The Balaban J connectivity index is 1.54. The van der Waals surface area contributed by atoms with Crippen molar-refractivity contribution < 1.29 is 17.9 Å². The number of anilines is 1. The van der Waals surface area contributed by atoms with Gasteiger partial charge in [0.2, 0.25) is 15.9 Å². The first-order valence-corrected chi connectivity index (χ1v) is 10.8. The zero-order valence-corrected chi connectivity index (χ0v) is 16.1. The molecule has 0 aliphatic carbocycles. The number of ether oxygens (including phenoxy) is 1. The lowest BCUT2D eigenvalue weighted by atomic mass is 9.99. The summed E-state index contributed by atoms with van der Waals surface area (Å²) in [5.74, 6) is 0.238. The van der Waals surface area contributed by atoms with Crippen LogP contribution in [0.4, 0.5) is 5.69 Å². The van der Waals surface area contributed by atoms with Gasteiger partial charge >= 0.3 is 0 Å². The Morgan fingerprint density at radius 1 is 1.15 bits per heavy atom. The van der Waals surface area contributed by atoms with E-state index in [0.29, 0.717) is 31.7 Å². The van der Waals surface area contributed by atoms with Crippen LogP contribution < -0.4 is 10.1 Å². The fourth-order valence-corrected chi connectivity index (χ4v) is 3.99. The predicted molar refractivity (Wildman–Crippen MR) is 105 cm³/mol. The molecule has 1 aliphatic rings. The molecule has 1 saturated heterocycles. The van der Waals surface area contributed by atoms with E-state index in [1.54, 1.807) is 12.1 Å². The molecule has 1 fully saturated rings. The largest absolute Gasteiger partial charge is 0.489 e. The summed E-state index contributed by atoms with van der Waals surface area (Å²) >= 11 is 0. The second kappa shape index (κ2) is 8.54. The summed E-state index contributed by atoms with van der Waals surface area (Å²) in [5.41, 5.74) is 1.76. The van der Waals surface area contributed by atoms with E-state index in [1.165, 1.54) is 10.6 Å². The summed E-state index contributed by atoms with van der Waals surface area (Å²) in [6.45, 7) is 1.20. The molecule has 27 heavy (non-hydrogen) atoms. The molecular formula is C20H24N2O4S. The molecule has 6 nitrogen and oxygen atoms in total. The highest BCUT2D eigenvalue weighted by molar-refractivity contribution is 7.88. The fourth-order valence-electron chi connectivity index (χ4n) is 3.08. The second-order valence-corrected chi connectivity index (χ2v) is 8.73. The number of piperidine rings is 1. The van der Waals surface area contributed by atoms with Gasteiger partial charge in [-0.25, -0.2) is 12.7 Å². The molecule has 0 bridgehead atoms. The Bertz CT molecular complexity index is 867. The SMILES string of the molecule is CS(=O)(=O)N1CCC[C@H](C(=O)Nc2ccc(OCc3ccccc3)cc2)C1. The quantitative estimate of drug-likeness (QED) is 0.826. The van der Waals surface area contributed by atoms with E-state index in [2.05, 4.69) is 5.32 Å². The maximum atomic E-state index is 12.5. The number of hydrogen-bond acceptors (Lipinski definition) is 4. The highest BCUT2D eigenvalue weighted by Gasteiger charge is 2.30. The number of amides is 1. The molecule has 7 heteroatoms. The third-order valence-electron chi connectivity index (χ3n) is 4.59. The molecule has 1 heterocycles. The molecule has 3 rings (SSSR count). The zero-order chi connectivity index (χ0) is 19.3. The minimum absolute atomic E-state index is 0.152. The van der Waals surface area contributed by atoms with Gasteiger partial charge in [-0.15, -0.1) is 0 Å². The van der Waals surface area contributed by atoms with Crippen LogP contribution in [0.3, 0.4) is 0 Å². The van der Waals surface area contributed by atoms with E-state index >= 15 is 0 Å². The van der Waals surface area contributed by atoms with Gasteiger partial charge in [0, 0.05) is 18.8 Å². The smallest absolute Gasteiger partial charge is 0.228 e. The summed E-state index contributed by atoms with van der Waals surface area (Å²) in [4.78, 5) is 12.5. The fraction of sp³-hybridized carbons (Fsp3) is 0.350. The van der Waals surface area contributed by atoms with Crippen LogP contribution in [0.25, 0.3) is 0 Å². The van der Waals surface area contributed by atoms with E-state index in [9.17, 15) is 13.2 Å². The summed E-state index contributed by atoms with van der Waals surface area (Å²) < 4.78 is 30.5. The van der Waals surface area contributed by atoms with Crippen LogP contribution in [0.5, 0.6) is 5.75 Å². The van der Waals surface area contributed by atoms with Crippen molar-refractivity contribution in [1.82, 2.24) is 4.31 Å². The monoisotopic (exact) mass is 388 g/mol. The van der Waals surface area contributed by atoms with Crippen LogP contribution in [0.15, 0.2) is 54.6 Å². The van der Waals surface area contributed by atoms with Gasteiger partial charge in [0.05, 0.1) is 12.2 Å². The molecule has 0 unspecified atom stereocenters. The minimum atomic E-state index is -3.26. The maximum absolute atomic E-state index is 12.5. The van der Waals surface area contributed by atoms with Crippen molar-refractivity contribution in [2.75, 3.05) is 24.7 Å². The lowest BCUT2D eigenvalue weighted by Crippen LogP contribution is -2.43. The van der Waals surface area contributed by atoms with E-state index < -0.39 is 10.0 Å². The van der Waals surface area contributed by atoms with Gasteiger partial charge in [-0.05, 0) is 42.7 Å². The molecule has 0 saturated carbocycles. The molecule has 1 aliphatic heterocycles. The molecule has 144 valence electrons. The molecule has 0 spiro atoms. The van der Waals surface area contributed by atoms with Crippen LogP contribution in [0.1, 0.15) is 18.4 Å². The standard InChI is InChI=1S/C20H24N2O4S/c1-27(24,25)22-13-5-8-17(14-22)20(23)21-18-9-11-19(12-10-18)26-15-16-6-3-2-4-7-16/h2-4,6-7,9-12,17H,5,8,13-15H2,1H3,(H,21,23)/t17-/m0/s1. The Morgan fingerprint density at radius 3 is 2.52 bits per heavy atom. The summed E-state index contributed by atoms with van der Waals surface area (Å²) in [5, 5.41) is 2.87. The number of carbonyl (C=O) groups is 1. The Hall–Kier alpha value is -2.38. The summed E-state index contributed by atoms with van der Waals surface area (Å²) in [7, 11) is -3.26. The lowest BCUT2D eigenvalue weighted by Gasteiger charge is -2.30. The molecule has 1 N–H and O–H groups in total. The highest BCUT2D eigenvalue weighted by Crippen LogP contribution is 2.22. The Labute approximate surface area is 160 Å². The normalized spacial score (nSPS) is 18.0. The van der Waals surface area contributed by atoms with Gasteiger partial charge in [0.1, 0.15) is 12.4 Å². The molecule has 0 radical (unpaired) electrons. The maximum Gasteiger partial charge on any atom is 0.228 e. The van der Waals surface area contributed by atoms with Gasteiger partial charge in [-0.3, -0.25) is 4.79 Å². The molecule has 2 aromatic rings. The van der Waals surface area contributed by atoms with Gasteiger partial charge in [0.15, 0.2) is 0 Å². The van der Waals surface area contributed by atoms with Crippen molar-refractivity contribution in [2.24, 2.45) is 5.92 Å². The summed E-state index contributed by atoms with van der Waals surface area (Å²) in [6, 6.07) is 17.1. The molecule has 0 aromatic heterocycles. The number of carbonyl (C=O) groups excluding carboxylic acids is 1. The van der Waals surface area contributed by atoms with E-state index in [0.717, 1.165) is 11.3 Å². The number of nitrogens with one attached hydrogen (secondary N) is 1. The van der Waals surface area contributed by atoms with E-state index in [4.69, 9.17) is 4.74 Å². The first kappa shape index (κ1) is 19.4. The van der Waals surface area contributed by atoms with Crippen LogP contribution in [-0.2, 0) is 21.4 Å². The van der Waals surface area contributed by atoms with Crippen molar-refractivity contribution >= 4 is 21.6 Å². The van der Waals surface area contributed by atoms with Crippen LogP contribution in [-0.4, -0.2) is 38.0 Å². The average molecular weight is 388 g/mol. The zero-order valence-electron chi connectivity index (χ0n) is 15.3.